The summed E-state index contributed by atoms with van der Waals surface area (Å²) in [5.74, 6) is -5.25. The first kappa shape index (κ1) is 21.3. The number of carboxylic acid groups (broad SMARTS) is 1. The van der Waals surface area contributed by atoms with Crippen molar-refractivity contribution in [3.8, 4) is 11.3 Å². The molecule has 0 saturated carbocycles. The first-order valence-electron chi connectivity index (χ1n) is 9.19. The van der Waals surface area contributed by atoms with Gasteiger partial charge in [0.25, 0.3) is 5.56 Å². The SMILES string of the molecule is CC(C(C(=O)O)c1ccc(Cc2cc(=O)[nH]nc2-c2ccccc2)cc1)C(F)(F)F. The summed E-state index contributed by atoms with van der Waals surface area (Å²) in [5, 5.41) is 15.8. The van der Waals surface area contributed by atoms with Crippen LogP contribution in [-0.2, 0) is 11.2 Å². The summed E-state index contributed by atoms with van der Waals surface area (Å²) in [7, 11) is 0. The molecule has 2 aromatic carbocycles. The van der Waals surface area contributed by atoms with Gasteiger partial charge in [0.05, 0.1) is 17.5 Å². The average molecular weight is 416 g/mol. The Kier molecular flexibility index (Phi) is 6.05. The monoisotopic (exact) mass is 416 g/mol. The summed E-state index contributed by atoms with van der Waals surface area (Å²) in [4.78, 5) is 23.2. The van der Waals surface area contributed by atoms with E-state index in [4.69, 9.17) is 0 Å². The number of benzene rings is 2. The van der Waals surface area contributed by atoms with Crippen molar-refractivity contribution in [1.29, 1.82) is 0 Å². The molecule has 0 spiro atoms. The molecule has 1 heterocycles. The molecule has 3 aromatic rings. The van der Waals surface area contributed by atoms with Gasteiger partial charge in [0.15, 0.2) is 0 Å². The van der Waals surface area contributed by atoms with E-state index >= 15 is 0 Å². The number of carboxylic acids is 1. The van der Waals surface area contributed by atoms with Crippen LogP contribution in [0.3, 0.4) is 0 Å². The average Bonchev–Trinajstić information content (AvgIpc) is 2.69. The van der Waals surface area contributed by atoms with Gasteiger partial charge in [0.2, 0.25) is 0 Å². The van der Waals surface area contributed by atoms with Crippen LogP contribution < -0.4 is 5.56 Å². The topological polar surface area (TPSA) is 83.0 Å². The summed E-state index contributed by atoms with van der Waals surface area (Å²) < 4.78 is 39.2. The van der Waals surface area contributed by atoms with E-state index in [0.717, 1.165) is 12.5 Å². The van der Waals surface area contributed by atoms with E-state index in [0.29, 0.717) is 23.2 Å². The largest absolute Gasteiger partial charge is 0.481 e. The first-order valence-corrected chi connectivity index (χ1v) is 9.19. The standard InChI is InChI=1S/C22H19F3N2O3/c1-13(22(23,24)25)19(21(29)30)15-9-7-14(8-10-15)11-17-12-18(28)26-27-20(17)16-5-3-2-4-6-16/h2-10,12-13,19H,11H2,1H3,(H,26,28)(H,29,30). The zero-order valence-corrected chi connectivity index (χ0v) is 16.0. The summed E-state index contributed by atoms with van der Waals surface area (Å²) in [6.45, 7) is 0.862. The van der Waals surface area contributed by atoms with E-state index in [1.54, 1.807) is 12.1 Å². The predicted molar refractivity (Wildman–Crippen MR) is 105 cm³/mol. The smallest absolute Gasteiger partial charge is 0.392 e. The molecular weight excluding hydrogens is 397 g/mol. The number of hydrogen-bond acceptors (Lipinski definition) is 3. The lowest BCUT2D eigenvalue weighted by molar-refractivity contribution is -0.183. The highest BCUT2D eigenvalue weighted by atomic mass is 19.4. The molecule has 8 heteroatoms. The molecule has 0 aliphatic rings. The molecule has 0 aliphatic heterocycles. The third-order valence-electron chi connectivity index (χ3n) is 4.95. The number of H-pyrrole nitrogens is 1. The third kappa shape index (κ3) is 4.76. The lowest BCUT2D eigenvalue weighted by Crippen LogP contribution is -2.31. The molecular formula is C22H19F3N2O3. The van der Waals surface area contributed by atoms with Crippen molar-refractivity contribution in [2.75, 3.05) is 0 Å². The number of carbonyl (C=O) groups is 1. The van der Waals surface area contributed by atoms with Gasteiger partial charge in [-0.2, -0.15) is 18.3 Å². The quantitative estimate of drug-likeness (QED) is 0.624. The Labute approximate surface area is 170 Å². The molecule has 2 unspecified atom stereocenters. The van der Waals surface area contributed by atoms with Gasteiger partial charge < -0.3 is 5.11 Å². The van der Waals surface area contributed by atoms with Crippen LogP contribution >= 0.6 is 0 Å². The number of nitrogens with zero attached hydrogens (tertiary/aromatic N) is 1. The number of aromatic amines is 1. The number of nitrogens with one attached hydrogen (secondary N) is 1. The molecule has 0 fully saturated rings. The second-order valence-electron chi connectivity index (χ2n) is 7.04. The number of alkyl halides is 3. The van der Waals surface area contributed by atoms with Crippen LogP contribution in [0.5, 0.6) is 0 Å². The molecule has 156 valence electrons. The first-order chi connectivity index (χ1) is 14.2. The summed E-state index contributed by atoms with van der Waals surface area (Å²) in [6, 6.07) is 16.6. The number of aromatic nitrogens is 2. The maximum atomic E-state index is 13.1. The Morgan fingerprint density at radius 1 is 1.10 bits per heavy atom. The van der Waals surface area contributed by atoms with Gasteiger partial charge in [-0.1, -0.05) is 61.5 Å². The van der Waals surface area contributed by atoms with E-state index in [9.17, 15) is 27.9 Å². The molecule has 5 nitrogen and oxygen atoms in total. The minimum absolute atomic E-state index is 0.0726. The van der Waals surface area contributed by atoms with E-state index in [-0.39, 0.29) is 11.1 Å². The number of hydrogen-bond donors (Lipinski definition) is 2. The molecule has 1 aromatic heterocycles. The van der Waals surface area contributed by atoms with Gasteiger partial charge >= 0.3 is 12.1 Å². The Morgan fingerprint density at radius 2 is 1.73 bits per heavy atom. The molecule has 2 atom stereocenters. The van der Waals surface area contributed by atoms with Crippen molar-refractivity contribution in [3.63, 3.8) is 0 Å². The highest BCUT2D eigenvalue weighted by Gasteiger charge is 2.45. The van der Waals surface area contributed by atoms with E-state index < -0.39 is 24.0 Å². The minimum Gasteiger partial charge on any atom is -0.481 e. The van der Waals surface area contributed by atoms with Crippen LogP contribution in [0.25, 0.3) is 11.3 Å². The van der Waals surface area contributed by atoms with Crippen molar-refractivity contribution in [3.05, 3.63) is 87.7 Å². The van der Waals surface area contributed by atoms with Crippen LogP contribution in [0.4, 0.5) is 13.2 Å². The van der Waals surface area contributed by atoms with Gasteiger partial charge in [0, 0.05) is 11.6 Å². The van der Waals surface area contributed by atoms with Crippen LogP contribution in [-0.4, -0.2) is 27.4 Å². The van der Waals surface area contributed by atoms with Crippen LogP contribution in [0, 0.1) is 5.92 Å². The third-order valence-corrected chi connectivity index (χ3v) is 4.95. The minimum atomic E-state index is -4.62. The van der Waals surface area contributed by atoms with Gasteiger partial charge in [0.1, 0.15) is 0 Å². The molecule has 0 saturated heterocycles. The normalized spacial score (nSPS) is 13.6. The lowest BCUT2D eigenvalue weighted by atomic mass is 9.86. The second-order valence-corrected chi connectivity index (χ2v) is 7.04. The molecule has 30 heavy (non-hydrogen) atoms. The number of aliphatic carboxylic acids is 1. The maximum Gasteiger partial charge on any atom is 0.392 e. The molecule has 0 bridgehead atoms. The molecule has 0 radical (unpaired) electrons. The Hall–Kier alpha value is -3.42. The van der Waals surface area contributed by atoms with Gasteiger partial charge in [-0.3, -0.25) is 9.59 Å². The Morgan fingerprint density at radius 3 is 2.30 bits per heavy atom. The molecule has 0 aliphatic carbocycles. The highest BCUT2D eigenvalue weighted by Crippen LogP contribution is 2.37. The van der Waals surface area contributed by atoms with Crippen LogP contribution in [0.15, 0.2) is 65.5 Å². The van der Waals surface area contributed by atoms with Crippen molar-refractivity contribution < 1.29 is 23.1 Å². The second kappa shape index (κ2) is 8.52. The Bertz CT molecular complexity index is 1080. The fourth-order valence-corrected chi connectivity index (χ4v) is 3.32. The fourth-order valence-electron chi connectivity index (χ4n) is 3.32. The van der Waals surface area contributed by atoms with Crippen LogP contribution in [0.2, 0.25) is 0 Å². The zero-order valence-electron chi connectivity index (χ0n) is 16.0. The van der Waals surface area contributed by atoms with Gasteiger partial charge in [-0.05, 0) is 23.1 Å². The lowest BCUT2D eigenvalue weighted by Gasteiger charge is -2.23. The van der Waals surface area contributed by atoms with E-state index in [1.807, 2.05) is 30.3 Å². The summed E-state index contributed by atoms with van der Waals surface area (Å²) in [5.41, 5.74) is 2.47. The number of halogens is 3. The predicted octanol–water partition coefficient (Wildman–Crippen LogP) is 4.39. The summed E-state index contributed by atoms with van der Waals surface area (Å²) in [6.07, 6.45) is -4.31. The van der Waals surface area contributed by atoms with Crippen molar-refractivity contribution in [1.82, 2.24) is 10.2 Å². The van der Waals surface area contributed by atoms with Crippen LogP contribution in [0.1, 0.15) is 29.5 Å². The van der Waals surface area contributed by atoms with Crippen molar-refractivity contribution >= 4 is 5.97 Å². The van der Waals surface area contributed by atoms with Gasteiger partial charge in [-0.15, -0.1) is 0 Å². The summed E-state index contributed by atoms with van der Waals surface area (Å²) >= 11 is 0. The van der Waals surface area contributed by atoms with Crippen molar-refractivity contribution in [2.24, 2.45) is 5.92 Å². The van der Waals surface area contributed by atoms with E-state index in [2.05, 4.69) is 10.2 Å². The van der Waals surface area contributed by atoms with E-state index in [1.165, 1.54) is 18.2 Å². The zero-order chi connectivity index (χ0) is 21.9. The van der Waals surface area contributed by atoms with Crippen molar-refractivity contribution in [2.45, 2.75) is 25.4 Å². The number of rotatable bonds is 6. The highest BCUT2D eigenvalue weighted by molar-refractivity contribution is 5.76. The molecule has 3 rings (SSSR count). The maximum absolute atomic E-state index is 13.1. The Balaban J connectivity index is 1.91. The fraction of sp³-hybridized carbons (Fsp3) is 0.227. The molecule has 0 amide bonds. The van der Waals surface area contributed by atoms with Gasteiger partial charge in [-0.25, -0.2) is 5.10 Å². The molecule has 2 N–H and O–H groups in total.